The lowest BCUT2D eigenvalue weighted by atomic mass is 9.79. The van der Waals surface area contributed by atoms with Crippen LogP contribution in [0.1, 0.15) is 51.9 Å². The Balaban J connectivity index is 2.17. The zero-order chi connectivity index (χ0) is 14.3. The number of amides is 2. The summed E-state index contributed by atoms with van der Waals surface area (Å²) >= 11 is 0. The molecule has 0 radical (unpaired) electrons. The van der Waals surface area contributed by atoms with Crippen molar-refractivity contribution >= 4 is 11.8 Å². The maximum Gasteiger partial charge on any atom is 0.223 e. The highest BCUT2D eigenvalue weighted by molar-refractivity contribution is 5.78. The Morgan fingerprint density at radius 2 is 1.84 bits per heavy atom. The van der Waals surface area contributed by atoms with Gasteiger partial charge in [0.15, 0.2) is 0 Å². The normalized spacial score (nSPS) is 17.8. The molecule has 0 aliphatic heterocycles. The fourth-order valence-corrected chi connectivity index (χ4v) is 2.77. The molecule has 1 atom stereocenters. The van der Waals surface area contributed by atoms with Crippen LogP contribution in [0, 0.1) is 11.8 Å². The summed E-state index contributed by atoms with van der Waals surface area (Å²) in [4.78, 5) is 24.7. The predicted octanol–water partition coefficient (Wildman–Crippen LogP) is 2.19. The molecule has 1 saturated carbocycles. The van der Waals surface area contributed by atoms with E-state index in [1.54, 1.807) is 19.0 Å². The van der Waals surface area contributed by atoms with Gasteiger partial charge in [0.2, 0.25) is 11.8 Å². The molecule has 19 heavy (non-hydrogen) atoms. The number of carbonyl (C=O) groups excluding carboxylic acids is 2. The third-order valence-electron chi connectivity index (χ3n) is 4.12. The highest BCUT2D eigenvalue weighted by Gasteiger charge is 2.21. The second kappa shape index (κ2) is 8.18. The van der Waals surface area contributed by atoms with Gasteiger partial charge in [0.1, 0.15) is 0 Å². The molecule has 1 aliphatic rings. The number of hydrogen-bond acceptors (Lipinski definition) is 2. The molecule has 1 unspecified atom stereocenters. The number of nitrogens with one attached hydrogen (secondary N) is 1. The third-order valence-corrected chi connectivity index (χ3v) is 4.12. The molecule has 1 rings (SSSR count). The molecule has 0 saturated heterocycles. The Labute approximate surface area is 116 Å². The summed E-state index contributed by atoms with van der Waals surface area (Å²) in [5.41, 5.74) is 0. The number of nitrogens with zero attached hydrogens (tertiary/aromatic N) is 1. The number of carbonyl (C=O) groups is 2. The molecule has 2 amide bonds. The van der Waals surface area contributed by atoms with E-state index in [9.17, 15) is 9.59 Å². The summed E-state index contributed by atoms with van der Waals surface area (Å²) in [6.07, 6.45) is 7.50. The van der Waals surface area contributed by atoms with E-state index in [0.717, 1.165) is 0 Å². The van der Waals surface area contributed by atoms with Gasteiger partial charge in [-0.3, -0.25) is 9.59 Å². The maximum atomic E-state index is 11.8. The van der Waals surface area contributed by atoms with Crippen LogP contribution in [0.5, 0.6) is 0 Å². The number of hydrogen-bond donors (Lipinski definition) is 1. The number of rotatable bonds is 6. The van der Waals surface area contributed by atoms with E-state index in [0.29, 0.717) is 31.2 Å². The smallest absolute Gasteiger partial charge is 0.223 e. The van der Waals surface area contributed by atoms with E-state index in [1.165, 1.54) is 32.1 Å². The molecule has 1 fully saturated rings. The summed E-state index contributed by atoms with van der Waals surface area (Å²) in [6, 6.07) is 0. The largest absolute Gasteiger partial charge is 0.356 e. The molecule has 110 valence electrons. The fraction of sp³-hybridized carbons (Fsp3) is 0.867. The zero-order valence-electron chi connectivity index (χ0n) is 12.6. The molecule has 1 N–H and O–H groups in total. The third kappa shape index (κ3) is 6.08. The van der Waals surface area contributed by atoms with Crippen molar-refractivity contribution in [3.63, 3.8) is 0 Å². The van der Waals surface area contributed by atoms with Gasteiger partial charge in [-0.2, -0.15) is 0 Å². The van der Waals surface area contributed by atoms with Gasteiger partial charge < -0.3 is 10.2 Å². The van der Waals surface area contributed by atoms with Gasteiger partial charge in [0.05, 0.1) is 0 Å². The monoisotopic (exact) mass is 268 g/mol. The molecular formula is C15H28N2O2. The molecule has 1 aliphatic carbocycles. The van der Waals surface area contributed by atoms with Gasteiger partial charge in [0.25, 0.3) is 0 Å². The van der Waals surface area contributed by atoms with Crippen molar-refractivity contribution in [1.82, 2.24) is 10.2 Å². The van der Waals surface area contributed by atoms with Crippen molar-refractivity contribution in [2.75, 3.05) is 20.6 Å². The first-order chi connectivity index (χ1) is 9.00. The minimum absolute atomic E-state index is 0.0561. The lowest BCUT2D eigenvalue weighted by molar-refractivity contribution is -0.128. The van der Waals surface area contributed by atoms with E-state index in [4.69, 9.17) is 0 Å². The average molecular weight is 268 g/mol. The molecule has 0 heterocycles. The van der Waals surface area contributed by atoms with Crippen molar-refractivity contribution in [2.24, 2.45) is 11.8 Å². The lowest BCUT2D eigenvalue weighted by Crippen LogP contribution is -2.32. The van der Waals surface area contributed by atoms with E-state index < -0.39 is 0 Å². The maximum absolute atomic E-state index is 11.8. The summed E-state index contributed by atoms with van der Waals surface area (Å²) < 4.78 is 0. The minimum atomic E-state index is 0.0561. The van der Waals surface area contributed by atoms with Crippen molar-refractivity contribution in [3.05, 3.63) is 0 Å². The summed E-state index contributed by atoms with van der Waals surface area (Å²) in [7, 11) is 3.46. The van der Waals surface area contributed by atoms with E-state index in [1.807, 2.05) is 0 Å². The van der Waals surface area contributed by atoms with Crippen LogP contribution in [-0.4, -0.2) is 37.4 Å². The summed E-state index contributed by atoms with van der Waals surface area (Å²) in [5.74, 6) is 1.32. The van der Waals surface area contributed by atoms with Gasteiger partial charge in [-0.1, -0.05) is 39.0 Å². The van der Waals surface area contributed by atoms with Gasteiger partial charge in [-0.25, -0.2) is 0 Å². The predicted molar refractivity (Wildman–Crippen MR) is 76.7 cm³/mol. The van der Waals surface area contributed by atoms with Gasteiger partial charge >= 0.3 is 0 Å². The molecule has 0 aromatic carbocycles. The Kier molecular flexibility index (Phi) is 6.89. The fourth-order valence-electron chi connectivity index (χ4n) is 2.77. The second-order valence-corrected chi connectivity index (χ2v) is 5.97. The van der Waals surface area contributed by atoms with Crippen LogP contribution in [0.15, 0.2) is 0 Å². The van der Waals surface area contributed by atoms with Crippen LogP contribution in [0.3, 0.4) is 0 Å². The van der Waals surface area contributed by atoms with Crippen LogP contribution < -0.4 is 5.32 Å². The molecule has 4 heteroatoms. The van der Waals surface area contributed by atoms with Crippen molar-refractivity contribution in [1.29, 1.82) is 0 Å². The molecule has 0 aromatic heterocycles. The lowest BCUT2D eigenvalue weighted by Gasteiger charge is -2.27. The topological polar surface area (TPSA) is 49.4 Å². The summed E-state index contributed by atoms with van der Waals surface area (Å²) in [6.45, 7) is 2.63. The van der Waals surface area contributed by atoms with Crippen LogP contribution in [-0.2, 0) is 9.59 Å². The average Bonchev–Trinajstić information content (AvgIpc) is 2.39. The SMILES string of the molecule is CC(CC(=O)NCCC(=O)N(C)C)C1CCCCC1. The molecule has 0 aromatic rings. The Morgan fingerprint density at radius 1 is 1.21 bits per heavy atom. The standard InChI is InChI=1S/C15H28N2O2/c1-12(13-7-5-4-6-8-13)11-14(18)16-10-9-15(19)17(2)3/h12-13H,4-11H2,1-3H3,(H,16,18). The van der Waals surface area contributed by atoms with Crippen LogP contribution in [0.25, 0.3) is 0 Å². The van der Waals surface area contributed by atoms with Crippen LogP contribution in [0.2, 0.25) is 0 Å². The van der Waals surface area contributed by atoms with Gasteiger partial charge in [-0.15, -0.1) is 0 Å². The molecular weight excluding hydrogens is 240 g/mol. The Bertz CT molecular complexity index is 297. The second-order valence-electron chi connectivity index (χ2n) is 5.97. The molecule has 0 bridgehead atoms. The van der Waals surface area contributed by atoms with E-state index >= 15 is 0 Å². The molecule has 0 spiro atoms. The molecule has 4 nitrogen and oxygen atoms in total. The van der Waals surface area contributed by atoms with E-state index in [2.05, 4.69) is 12.2 Å². The highest BCUT2D eigenvalue weighted by atomic mass is 16.2. The zero-order valence-corrected chi connectivity index (χ0v) is 12.6. The van der Waals surface area contributed by atoms with Crippen LogP contribution in [0.4, 0.5) is 0 Å². The first kappa shape index (κ1) is 16.0. The first-order valence-corrected chi connectivity index (χ1v) is 7.47. The van der Waals surface area contributed by atoms with Gasteiger partial charge in [0, 0.05) is 33.5 Å². The van der Waals surface area contributed by atoms with E-state index in [-0.39, 0.29) is 11.8 Å². The summed E-state index contributed by atoms with van der Waals surface area (Å²) in [5, 5.41) is 2.85. The van der Waals surface area contributed by atoms with Gasteiger partial charge in [-0.05, 0) is 11.8 Å². The Hall–Kier alpha value is -1.06. The van der Waals surface area contributed by atoms with Crippen molar-refractivity contribution in [2.45, 2.75) is 51.9 Å². The van der Waals surface area contributed by atoms with Crippen molar-refractivity contribution < 1.29 is 9.59 Å². The minimum Gasteiger partial charge on any atom is -0.356 e. The Morgan fingerprint density at radius 3 is 2.42 bits per heavy atom. The highest BCUT2D eigenvalue weighted by Crippen LogP contribution is 2.31. The first-order valence-electron chi connectivity index (χ1n) is 7.47. The van der Waals surface area contributed by atoms with Crippen molar-refractivity contribution in [3.8, 4) is 0 Å². The quantitative estimate of drug-likeness (QED) is 0.802. The van der Waals surface area contributed by atoms with Crippen LogP contribution >= 0.6 is 0 Å².